The molecule has 0 fully saturated rings. The van der Waals surface area contributed by atoms with Crippen LogP contribution in [-0.2, 0) is 5.41 Å². The zero-order chi connectivity index (χ0) is 34.7. The zero-order valence-electron chi connectivity index (χ0n) is 28.7. The molecule has 0 radical (unpaired) electrons. The van der Waals surface area contributed by atoms with Gasteiger partial charge in [-0.05, 0) is 112 Å². The molecule has 2 heterocycles. The number of ether oxygens (including phenoxy) is 2. The van der Waals surface area contributed by atoms with Crippen molar-refractivity contribution in [1.29, 1.82) is 0 Å². The summed E-state index contributed by atoms with van der Waals surface area (Å²) in [6, 6.07) is 54.6. The van der Waals surface area contributed by atoms with Crippen molar-refractivity contribution in [2.75, 3.05) is 4.90 Å². The third-order valence-electron chi connectivity index (χ3n) is 11.6. The lowest BCUT2D eigenvalue weighted by atomic mass is 9.69. The molecule has 0 N–H and O–H groups in total. The molecule has 3 nitrogen and oxygen atoms in total. The molecule has 0 amide bonds. The number of anilines is 3. The SMILES string of the molecule is C1=CC2=C(CC1)c1cc3c(cc1C21c2ccccc2-c2ccccc21)Oc1c(cccc1N(c1ccccc1)c1cccc2sc4ccccc4c12)O3. The molecule has 0 unspecified atom stereocenters. The Morgan fingerprint density at radius 3 is 2.09 bits per heavy atom. The molecular formula is C49H31NO2S. The van der Waals surface area contributed by atoms with E-state index < -0.39 is 5.41 Å². The smallest absolute Gasteiger partial charge is 0.194 e. The fourth-order valence-corrected chi connectivity index (χ4v) is 10.7. The van der Waals surface area contributed by atoms with Crippen LogP contribution in [0.2, 0.25) is 0 Å². The maximum absolute atomic E-state index is 7.17. The monoisotopic (exact) mass is 697 g/mol. The molecule has 53 heavy (non-hydrogen) atoms. The standard InChI is InChI=1S/C49H31NO2S/c1-2-14-30(15-3-1)50(40-23-13-27-46-47(40)34-19-7-11-26-45(34)53-46)41-24-12-25-42-48(41)52-44-29-39-35(28-43(44)51-42)33-18-6-10-22-38(33)49(39)36-20-8-4-16-31(36)32-17-5-9-21-37(32)49/h1-5,7-17,19-29H,6,18H2. The first kappa shape index (κ1) is 29.2. The van der Waals surface area contributed by atoms with Crippen LogP contribution in [0.5, 0.6) is 23.0 Å². The van der Waals surface area contributed by atoms with Crippen molar-refractivity contribution in [2.45, 2.75) is 18.3 Å². The van der Waals surface area contributed by atoms with Gasteiger partial charge in [-0.1, -0.05) is 109 Å². The molecule has 1 aliphatic heterocycles. The Kier molecular flexibility index (Phi) is 5.98. The van der Waals surface area contributed by atoms with Crippen molar-refractivity contribution >= 4 is 54.1 Å². The average Bonchev–Trinajstić information content (AvgIpc) is 3.84. The number of para-hydroxylation sites is 2. The van der Waals surface area contributed by atoms with E-state index in [4.69, 9.17) is 9.47 Å². The second-order valence-corrected chi connectivity index (χ2v) is 15.3. The molecule has 8 aromatic rings. The number of rotatable bonds is 3. The Bertz CT molecular complexity index is 2870. The first-order valence-electron chi connectivity index (χ1n) is 18.3. The highest BCUT2D eigenvalue weighted by Crippen LogP contribution is 2.65. The molecule has 1 aromatic heterocycles. The van der Waals surface area contributed by atoms with Gasteiger partial charge >= 0.3 is 0 Å². The number of thiophene rings is 1. The predicted octanol–water partition coefficient (Wildman–Crippen LogP) is 13.9. The second kappa shape index (κ2) is 10.8. The molecule has 4 heteroatoms. The van der Waals surface area contributed by atoms with Gasteiger partial charge in [0, 0.05) is 25.9 Å². The molecular weight excluding hydrogens is 667 g/mol. The van der Waals surface area contributed by atoms with Crippen LogP contribution in [0.25, 0.3) is 36.9 Å². The van der Waals surface area contributed by atoms with Crippen LogP contribution >= 0.6 is 11.3 Å². The van der Waals surface area contributed by atoms with E-state index in [-0.39, 0.29) is 0 Å². The van der Waals surface area contributed by atoms with Gasteiger partial charge in [0.1, 0.15) is 0 Å². The number of fused-ring (bicyclic) bond motifs is 14. The molecule has 0 saturated heterocycles. The van der Waals surface area contributed by atoms with Crippen molar-refractivity contribution in [1.82, 2.24) is 0 Å². The number of benzene rings is 7. The maximum Gasteiger partial charge on any atom is 0.194 e. The van der Waals surface area contributed by atoms with Crippen LogP contribution in [0.4, 0.5) is 17.1 Å². The minimum Gasteiger partial charge on any atom is -0.449 e. The highest BCUT2D eigenvalue weighted by molar-refractivity contribution is 7.26. The average molecular weight is 698 g/mol. The topological polar surface area (TPSA) is 21.7 Å². The van der Waals surface area contributed by atoms with Crippen molar-refractivity contribution < 1.29 is 9.47 Å². The summed E-state index contributed by atoms with van der Waals surface area (Å²) in [5.74, 6) is 2.90. The Hall–Kier alpha value is -6.36. The van der Waals surface area contributed by atoms with E-state index in [1.165, 1.54) is 64.7 Å². The normalized spacial score (nSPS) is 15.3. The Morgan fingerprint density at radius 1 is 0.547 bits per heavy atom. The Balaban J connectivity index is 1.07. The number of allylic oxidation sites excluding steroid dienone is 4. The molecule has 0 atom stereocenters. The Morgan fingerprint density at radius 2 is 1.25 bits per heavy atom. The molecule has 0 bridgehead atoms. The highest BCUT2D eigenvalue weighted by Gasteiger charge is 2.53. The third kappa shape index (κ3) is 3.88. The van der Waals surface area contributed by atoms with E-state index in [0.717, 1.165) is 41.4 Å². The summed E-state index contributed by atoms with van der Waals surface area (Å²) in [5.41, 5.74) is 13.3. The van der Waals surface area contributed by atoms with Crippen LogP contribution < -0.4 is 14.4 Å². The highest BCUT2D eigenvalue weighted by atomic mass is 32.1. The summed E-state index contributed by atoms with van der Waals surface area (Å²) < 4.78 is 16.6. The molecule has 1 spiro atoms. The minimum atomic E-state index is -0.418. The lowest BCUT2D eigenvalue weighted by Gasteiger charge is -2.33. The summed E-state index contributed by atoms with van der Waals surface area (Å²) in [4.78, 5) is 2.33. The molecule has 250 valence electrons. The van der Waals surface area contributed by atoms with Gasteiger partial charge in [-0.25, -0.2) is 0 Å². The second-order valence-electron chi connectivity index (χ2n) is 14.2. The van der Waals surface area contributed by atoms with Gasteiger partial charge in [-0.15, -0.1) is 11.3 Å². The van der Waals surface area contributed by atoms with Gasteiger partial charge in [-0.2, -0.15) is 0 Å². The van der Waals surface area contributed by atoms with Gasteiger partial charge in [0.05, 0.1) is 16.8 Å². The zero-order valence-corrected chi connectivity index (χ0v) is 29.5. The summed E-state index contributed by atoms with van der Waals surface area (Å²) in [5, 5.41) is 2.48. The van der Waals surface area contributed by atoms with Crippen LogP contribution in [0, 0.1) is 0 Å². The summed E-state index contributed by atoms with van der Waals surface area (Å²) >= 11 is 1.83. The molecule has 0 saturated carbocycles. The summed E-state index contributed by atoms with van der Waals surface area (Å²) in [6.07, 6.45) is 6.76. The quantitative estimate of drug-likeness (QED) is 0.183. The van der Waals surface area contributed by atoms with E-state index in [2.05, 4.69) is 163 Å². The lowest BCUT2D eigenvalue weighted by molar-refractivity contribution is 0.359. The molecule has 7 aromatic carbocycles. The van der Waals surface area contributed by atoms with Gasteiger partial charge in [0.2, 0.25) is 0 Å². The Labute approximate surface area is 311 Å². The van der Waals surface area contributed by atoms with Gasteiger partial charge in [0.25, 0.3) is 0 Å². The predicted molar refractivity (Wildman–Crippen MR) is 218 cm³/mol. The minimum absolute atomic E-state index is 0.418. The van der Waals surface area contributed by atoms with E-state index in [1.54, 1.807) is 0 Å². The van der Waals surface area contributed by atoms with E-state index in [9.17, 15) is 0 Å². The van der Waals surface area contributed by atoms with Crippen molar-refractivity contribution in [3.63, 3.8) is 0 Å². The fourth-order valence-electron chi connectivity index (χ4n) is 9.55. The van der Waals surface area contributed by atoms with Gasteiger partial charge in [0.15, 0.2) is 23.0 Å². The molecule has 3 aliphatic carbocycles. The third-order valence-corrected chi connectivity index (χ3v) is 12.7. The lowest BCUT2D eigenvalue weighted by Crippen LogP contribution is -2.27. The first-order chi connectivity index (χ1) is 26.3. The fraction of sp³-hybridized carbons (Fsp3) is 0.0612. The van der Waals surface area contributed by atoms with E-state index in [0.29, 0.717) is 11.5 Å². The maximum atomic E-state index is 7.17. The molecule has 12 rings (SSSR count). The van der Waals surface area contributed by atoms with Crippen LogP contribution in [0.15, 0.2) is 169 Å². The number of hydrogen-bond acceptors (Lipinski definition) is 4. The largest absolute Gasteiger partial charge is 0.449 e. The van der Waals surface area contributed by atoms with Crippen LogP contribution in [0.3, 0.4) is 0 Å². The van der Waals surface area contributed by atoms with Gasteiger partial charge < -0.3 is 14.4 Å². The van der Waals surface area contributed by atoms with Crippen molar-refractivity contribution in [3.8, 4) is 34.1 Å². The van der Waals surface area contributed by atoms with E-state index in [1.807, 2.05) is 17.4 Å². The van der Waals surface area contributed by atoms with E-state index >= 15 is 0 Å². The van der Waals surface area contributed by atoms with Crippen molar-refractivity contribution in [3.05, 3.63) is 192 Å². The first-order valence-corrected chi connectivity index (χ1v) is 19.1. The number of hydrogen-bond donors (Lipinski definition) is 0. The van der Waals surface area contributed by atoms with Crippen molar-refractivity contribution in [2.24, 2.45) is 0 Å². The van der Waals surface area contributed by atoms with Gasteiger partial charge in [-0.3, -0.25) is 0 Å². The molecule has 4 aliphatic rings. The van der Waals surface area contributed by atoms with Crippen LogP contribution in [-0.4, -0.2) is 0 Å². The summed E-state index contributed by atoms with van der Waals surface area (Å²) in [7, 11) is 0. The number of nitrogens with zero attached hydrogens (tertiary/aromatic N) is 1. The van der Waals surface area contributed by atoms with Crippen LogP contribution in [0.1, 0.15) is 35.1 Å². The summed E-state index contributed by atoms with van der Waals surface area (Å²) in [6.45, 7) is 0.